The third-order valence-electron chi connectivity index (χ3n) is 2.99. The van der Waals surface area contributed by atoms with Crippen LogP contribution in [0.25, 0.3) is 0 Å². The summed E-state index contributed by atoms with van der Waals surface area (Å²) in [7, 11) is 0. The Hall–Kier alpha value is -2.53. The number of esters is 2. The Morgan fingerprint density at radius 2 is 1.42 bits per heavy atom. The zero-order chi connectivity index (χ0) is 18.7. The van der Waals surface area contributed by atoms with Crippen LogP contribution >= 0.6 is 0 Å². The van der Waals surface area contributed by atoms with Gasteiger partial charge in [-0.3, -0.25) is 14.4 Å². The van der Waals surface area contributed by atoms with Crippen LogP contribution in [0.4, 0.5) is 0 Å². The minimum atomic E-state index is -1.50. The predicted molar refractivity (Wildman–Crippen MR) is 75.8 cm³/mol. The lowest BCUT2D eigenvalue weighted by atomic mass is 10.0. The Kier molecular flexibility index (Phi) is 9.91. The second-order valence-corrected chi connectivity index (χ2v) is 4.91. The Bertz CT molecular complexity index is 492. The maximum absolute atomic E-state index is 11.8. The van der Waals surface area contributed by atoms with Crippen molar-refractivity contribution in [1.29, 1.82) is 0 Å². The lowest BCUT2D eigenvalue weighted by Crippen LogP contribution is -2.38. The van der Waals surface area contributed by atoms with Crippen LogP contribution in [0.2, 0.25) is 0 Å². The molecule has 0 heterocycles. The molecule has 0 aliphatic heterocycles. The minimum Gasteiger partial charge on any atom is -0.481 e. The first kappa shape index (κ1) is 21.5. The average Bonchev–Trinajstić information content (AvgIpc) is 2.51. The number of hydrogen-bond acceptors (Lipinski definition) is 9. The van der Waals surface area contributed by atoms with E-state index in [9.17, 15) is 24.0 Å². The molecule has 0 spiro atoms. The molecular formula is C13H20N2O9. The Morgan fingerprint density at radius 3 is 1.92 bits per heavy atom. The second kappa shape index (κ2) is 11.1. The average molecular weight is 348 g/mol. The lowest BCUT2D eigenvalue weighted by molar-refractivity contribution is -0.169. The molecule has 136 valence electrons. The highest BCUT2D eigenvalue weighted by Crippen LogP contribution is 2.14. The van der Waals surface area contributed by atoms with Crippen LogP contribution in [-0.2, 0) is 33.5 Å². The van der Waals surface area contributed by atoms with Crippen molar-refractivity contribution >= 4 is 29.8 Å². The smallest absolute Gasteiger partial charge is 0.338 e. The Balaban J connectivity index is 4.58. The van der Waals surface area contributed by atoms with E-state index < -0.39 is 48.2 Å². The lowest BCUT2D eigenvalue weighted by Gasteiger charge is -2.14. The molecule has 0 saturated carbocycles. The van der Waals surface area contributed by atoms with Gasteiger partial charge in [-0.15, -0.1) is 0 Å². The number of nitrogens with two attached hydrogens (primary N) is 2. The predicted octanol–water partition coefficient (Wildman–Crippen LogP) is -1.07. The number of ether oxygens (including phenoxy) is 1. The highest BCUT2D eigenvalue weighted by atomic mass is 16.7. The molecular weight excluding hydrogens is 328 g/mol. The third-order valence-corrected chi connectivity index (χ3v) is 2.99. The molecule has 11 heteroatoms. The first-order valence-electron chi connectivity index (χ1n) is 7.04. The van der Waals surface area contributed by atoms with Crippen molar-refractivity contribution in [2.24, 2.45) is 17.5 Å². The fraction of sp³-hybridized carbons (Fsp3) is 0.615. The zero-order valence-electron chi connectivity index (χ0n) is 12.8. The van der Waals surface area contributed by atoms with Gasteiger partial charge in [-0.1, -0.05) is 6.42 Å². The molecule has 6 N–H and O–H groups in total. The fourth-order valence-electron chi connectivity index (χ4n) is 1.68. The number of aliphatic carboxylic acids is 2. The molecule has 11 nitrogen and oxygen atoms in total. The summed E-state index contributed by atoms with van der Waals surface area (Å²) in [6.45, 7) is 0. The molecule has 0 rings (SSSR count). The van der Waals surface area contributed by atoms with Crippen molar-refractivity contribution < 1.29 is 43.8 Å². The minimum absolute atomic E-state index is 0.125. The van der Waals surface area contributed by atoms with Crippen molar-refractivity contribution in [1.82, 2.24) is 0 Å². The molecule has 0 aliphatic rings. The molecule has 24 heavy (non-hydrogen) atoms. The van der Waals surface area contributed by atoms with E-state index in [-0.39, 0.29) is 32.1 Å². The molecule has 2 atom stereocenters. The Morgan fingerprint density at radius 1 is 0.833 bits per heavy atom. The summed E-state index contributed by atoms with van der Waals surface area (Å²) in [5.74, 6) is -2.55. The van der Waals surface area contributed by atoms with Gasteiger partial charge >= 0.3 is 29.8 Å². The topological polar surface area (TPSA) is 196 Å². The van der Waals surface area contributed by atoms with E-state index in [0.717, 1.165) is 0 Å². The highest BCUT2D eigenvalue weighted by molar-refractivity contribution is 5.99. The maximum atomic E-state index is 11.8. The zero-order valence-corrected chi connectivity index (χ0v) is 12.8. The summed E-state index contributed by atoms with van der Waals surface area (Å²) < 4.78 is 4.44. The number of carboxylic acid groups (broad SMARTS) is 2. The van der Waals surface area contributed by atoms with E-state index in [0.29, 0.717) is 0 Å². The number of unbranched alkanes of at least 4 members (excludes halogenated alkanes) is 1. The van der Waals surface area contributed by atoms with Crippen molar-refractivity contribution in [3.8, 4) is 0 Å². The third kappa shape index (κ3) is 8.80. The molecule has 0 aliphatic carbocycles. The normalized spacial score (nSPS) is 12.8. The van der Waals surface area contributed by atoms with Crippen molar-refractivity contribution in [3.05, 3.63) is 0 Å². The summed E-state index contributed by atoms with van der Waals surface area (Å²) in [5, 5.41) is 17.0. The Labute approximate surface area is 136 Å². The quantitative estimate of drug-likeness (QED) is 0.153. The first-order chi connectivity index (χ1) is 11.2. The van der Waals surface area contributed by atoms with Crippen LogP contribution in [0.1, 0.15) is 38.5 Å². The number of carbonyl (C=O) groups is 5. The SMILES string of the molecule is NOC(=O)C(CCCCC(=O)O)C(=O)OC(=O)C(N)CCC(=O)O. The molecule has 2 unspecified atom stereocenters. The summed E-state index contributed by atoms with van der Waals surface area (Å²) >= 11 is 0. The molecule has 0 saturated heterocycles. The van der Waals surface area contributed by atoms with E-state index in [1.165, 1.54) is 0 Å². The van der Waals surface area contributed by atoms with E-state index in [2.05, 4.69) is 9.57 Å². The molecule has 0 fully saturated rings. The van der Waals surface area contributed by atoms with Crippen molar-refractivity contribution in [2.75, 3.05) is 0 Å². The van der Waals surface area contributed by atoms with Gasteiger partial charge in [0.1, 0.15) is 6.04 Å². The van der Waals surface area contributed by atoms with Gasteiger partial charge in [0.2, 0.25) is 0 Å². The van der Waals surface area contributed by atoms with Crippen LogP contribution in [0.5, 0.6) is 0 Å². The molecule has 0 aromatic heterocycles. The van der Waals surface area contributed by atoms with Crippen LogP contribution in [0, 0.1) is 5.92 Å². The number of hydrogen-bond donors (Lipinski definition) is 4. The molecule has 0 bridgehead atoms. The number of rotatable bonds is 11. The summed E-state index contributed by atoms with van der Waals surface area (Å²) in [5.41, 5.74) is 5.38. The van der Waals surface area contributed by atoms with E-state index in [1.54, 1.807) is 0 Å². The van der Waals surface area contributed by atoms with Crippen LogP contribution in [0.3, 0.4) is 0 Å². The monoisotopic (exact) mass is 348 g/mol. The van der Waals surface area contributed by atoms with E-state index in [4.69, 9.17) is 21.8 Å². The van der Waals surface area contributed by atoms with Crippen LogP contribution in [-0.4, -0.2) is 46.1 Å². The van der Waals surface area contributed by atoms with E-state index in [1.807, 2.05) is 0 Å². The van der Waals surface area contributed by atoms with Gasteiger partial charge in [-0.2, -0.15) is 5.90 Å². The highest BCUT2D eigenvalue weighted by Gasteiger charge is 2.32. The van der Waals surface area contributed by atoms with Gasteiger partial charge in [0, 0.05) is 12.8 Å². The van der Waals surface area contributed by atoms with Gasteiger partial charge < -0.3 is 25.5 Å². The van der Waals surface area contributed by atoms with Crippen molar-refractivity contribution in [3.63, 3.8) is 0 Å². The summed E-state index contributed by atoms with van der Waals surface area (Å²) in [6, 6.07) is -1.34. The van der Waals surface area contributed by atoms with Gasteiger partial charge in [0.15, 0.2) is 5.92 Å². The van der Waals surface area contributed by atoms with Crippen LogP contribution in [0.15, 0.2) is 0 Å². The molecule has 0 aromatic rings. The van der Waals surface area contributed by atoms with Gasteiger partial charge in [-0.25, -0.2) is 9.59 Å². The number of carboxylic acids is 2. The van der Waals surface area contributed by atoms with Gasteiger partial charge in [0.25, 0.3) is 0 Å². The largest absolute Gasteiger partial charge is 0.481 e. The van der Waals surface area contributed by atoms with Crippen molar-refractivity contribution in [2.45, 2.75) is 44.6 Å². The first-order valence-corrected chi connectivity index (χ1v) is 7.04. The standard InChI is InChI=1S/C13H20N2O9/c14-8(5-6-10(18)19)13(22)23-11(20)7(12(21)24-15)3-1-2-4-9(16)17/h7-8H,1-6,14-15H2,(H,16,17)(H,18,19). The fourth-order valence-corrected chi connectivity index (χ4v) is 1.68. The summed E-state index contributed by atoms with van der Waals surface area (Å²) in [6.07, 6.45) is -0.540. The summed E-state index contributed by atoms with van der Waals surface area (Å²) in [4.78, 5) is 59.6. The maximum Gasteiger partial charge on any atom is 0.338 e. The van der Waals surface area contributed by atoms with Gasteiger partial charge in [-0.05, 0) is 19.3 Å². The second-order valence-electron chi connectivity index (χ2n) is 4.91. The number of carbonyl (C=O) groups excluding carboxylic acids is 3. The van der Waals surface area contributed by atoms with E-state index >= 15 is 0 Å². The van der Waals surface area contributed by atoms with Crippen LogP contribution < -0.4 is 11.6 Å². The molecule has 0 radical (unpaired) electrons. The molecule has 0 amide bonds. The molecule has 0 aromatic carbocycles. The van der Waals surface area contributed by atoms with Gasteiger partial charge in [0.05, 0.1) is 0 Å².